The smallest absolute Gasteiger partial charge is 0.164 e. The van der Waals surface area contributed by atoms with Crippen LogP contribution in [-0.4, -0.2) is 23.8 Å². The number of nitrogens with zero attached hydrogens (tertiary/aromatic N) is 5. The molecule has 0 saturated carbocycles. The summed E-state index contributed by atoms with van der Waals surface area (Å²) in [5.41, 5.74) is 12.6. The van der Waals surface area contributed by atoms with Gasteiger partial charge in [0.25, 0.3) is 0 Å². The minimum Gasteiger partial charge on any atom is -0.307 e. The van der Waals surface area contributed by atoms with Crippen molar-refractivity contribution >= 4 is 65.4 Å². The van der Waals surface area contributed by atoms with Gasteiger partial charge in [0.15, 0.2) is 17.5 Å². The Kier molecular flexibility index (Phi) is 5.51. The van der Waals surface area contributed by atoms with Crippen molar-refractivity contribution in [1.29, 1.82) is 0 Å². The van der Waals surface area contributed by atoms with Crippen LogP contribution in [0.1, 0.15) is 25.0 Å². The normalized spacial score (nSPS) is 13.6. The SMILES string of the molecule is CC1(C)c2cccc3c2c2c1ccc1c4ccc(-c5nc(-c6ccccc6)nc(-c6ccccc6)n5)cc4n(c4cccc5c6ccccc6n3c54)c12. The largest absolute Gasteiger partial charge is 0.307 e. The summed E-state index contributed by atoms with van der Waals surface area (Å²) in [6.07, 6.45) is 0. The van der Waals surface area contributed by atoms with Crippen LogP contribution in [0.4, 0.5) is 0 Å². The zero-order valence-electron chi connectivity index (χ0n) is 29.2. The molecule has 0 fully saturated rings. The summed E-state index contributed by atoms with van der Waals surface area (Å²) in [4.78, 5) is 15.2. The lowest BCUT2D eigenvalue weighted by Crippen LogP contribution is -2.15. The molecule has 12 rings (SSSR count). The maximum Gasteiger partial charge on any atom is 0.164 e. The van der Waals surface area contributed by atoms with Gasteiger partial charge in [0.2, 0.25) is 0 Å². The number of rotatable bonds is 3. The van der Waals surface area contributed by atoms with Crippen LogP contribution in [0.3, 0.4) is 0 Å². The molecule has 0 unspecified atom stereocenters. The molecular formula is C48H31N5. The molecule has 0 spiro atoms. The van der Waals surface area contributed by atoms with Crippen molar-refractivity contribution in [2.45, 2.75) is 19.3 Å². The first-order valence-electron chi connectivity index (χ1n) is 18.2. The summed E-state index contributed by atoms with van der Waals surface area (Å²) in [6, 6.07) is 54.4. The Balaban J connectivity index is 1.28. The second-order valence-electron chi connectivity index (χ2n) is 14.8. The minimum atomic E-state index is -0.160. The van der Waals surface area contributed by atoms with E-state index in [1.807, 2.05) is 36.4 Å². The number of hydrogen-bond donors (Lipinski definition) is 0. The fourth-order valence-electron chi connectivity index (χ4n) is 9.29. The summed E-state index contributed by atoms with van der Waals surface area (Å²) in [6.45, 7) is 4.75. The predicted octanol–water partition coefficient (Wildman–Crippen LogP) is 11.8. The maximum absolute atomic E-state index is 5.12. The van der Waals surface area contributed by atoms with Crippen LogP contribution in [-0.2, 0) is 5.41 Å². The van der Waals surface area contributed by atoms with Gasteiger partial charge < -0.3 is 8.80 Å². The molecular weight excluding hydrogens is 647 g/mol. The Morgan fingerprint density at radius 1 is 0.377 bits per heavy atom. The van der Waals surface area contributed by atoms with Crippen molar-refractivity contribution in [3.05, 3.63) is 163 Å². The topological polar surface area (TPSA) is 47.5 Å². The number of para-hydroxylation sites is 2. The van der Waals surface area contributed by atoms with E-state index in [0.717, 1.165) is 27.7 Å². The van der Waals surface area contributed by atoms with Gasteiger partial charge in [-0.05, 0) is 35.4 Å². The molecule has 0 bridgehead atoms. The van der Waals surface area contributed by atoms with E-state index in [9.17, 15) is 0 Å². The van der Waals surface area contributed by atoms with Gasteiger partial charge in [0, 0.05) is 54.4 Å². The summed E-state index contributed by atoms with van der Waals surface area (Å²) in [7, 11) is 0. The first kappa shape index (κ1) is 28.8. The lowest BCUT2D eigenvalue weighted by molar-refractivity contribution is 0.663. The van der Waals surface area contributed by atoms with Crippen molar-refractivity contribution in [2.24, 2.45) is 0 Å². The Bertz CT molecular complexity index is 3300. The number of aromatic nitrogens is 5. The molecule has 1 aliphatic carbocycles. The molecule has 0 N–H and O–H groups in total. The Morgan fingerprint density at radius 3 is 1.66 bits per heavy atom. The summed E-state index contributed by atoms with van der Waals surface area (Å²) >= 11 is 0. The summed E-state index contributed by atoms with van der Waals surface area (Å²) < 4.78 is 5.05. The minimum absolute atomic E-state index is 0.160. The Labute approximate surface area is 304 Å². The van der Waals surface area contributed by atoms with Crippen LogP contribution >= 0.6 is 0 Å². The molecule has 4 aromatic heterocycles. The summed E-state index contributed by atoms with van der Waals surface area (Å²) in [5.74, 6) is 1.96. The first-order chi connectivity index (χ1) is 26.1. The van der Waals surface area contributed by atoms with Crippen LogP contribution in [0.15, 0.2) is 152 Å². The van der Waals surface area contributed by atoms with E-state index < -0.39 is 0 Å². The van der Waals surface area contributed by atoms with E-state index in [1.165, 1.54) is 65.5 Å². The van der Waals surface area contributed by atoms with Gasteiger partial charge in [0.1, 0.15) is 0 Å². The standard InChI is InChI=1S/C48H31N5/c1-48(2)35-19-12-21-38-41(35)42-36(48)26-25-34-32-24-23-30(47-50-45(28-13-5-3-6-14-28)49-46(51-47)29-15-7-4-8-16-29)27-40(32)53(44(34)42)39-22-11-18-33-31-17-9-10-20-37(31)52(38)43(33)39/h3-27H,1-2H3. The highest BCUT2D eigenvalue weighted by atomic mass is 15.0. The van der Waals surface area contributed by atoms with E-state index in [4.69, 9.17) is 15.0 Å². The zero-order valence-corrected chi connectivity index (χ0v) is 29.2. The lowest BCUT2D eigenvalue weighted by atomic mass is 9.82. The highest BCUT2D eigenvalue weighted by molar-refractivity contribution is 6.26. The van der Waals surface area contributed by atoms with Crippen molar-refractivity contribution in [2.75, 3.05) is 0 Å². The molecule has 5 nitrogen and oxygen atoms in total. The van der Waals surface area contributed by atoms with Crippen LogP contribution in [0.2, 0.25) is 0 Å². The number of hydrogen-bond acceptors (Lipinski definition) is 3. The van der Waals surface area contributed by atoms with E-state index >= 15 is 0 Å². The lowest BCUT2D eigenvalue weighted by Gasteiger charge is -2.21. The number of benzene rings is 7. The van der Waals surface area contributed by atoms with Crippen LogP contribution < -0.4 is 0 Å². The predicted molar refractivity (Wildman–Crippen MR) is 218 cm³/mol. The average Bonchev–Trinajstić information content (AvgIpc) is 3.81. The average molecular weight is 678 g/mol. The van der Waals surface area contributed by atoms with Gasteiger partial charge in [-0.2, -0.15) is 0 Å². The molecule has 4 heterocycles. The van der Waals surface area contributed by atoms with Gasteiger partial charge in [0.05, 0.1) is 33.1 Å². The first-order valence-corrected chi connectivity index (χ1v) is 18.2. The van der Waals surface area contributed by atoms with E-state index in [0.29, 0.717) is 17.5 Å². The van der Waals surface area contributed by atoms with Crippen LogP contribution in [0, 0.1) is 0 Å². The molecule has 0 saturated heterocycles. The zero-order chi connectivity index (χ0) is 35.0. The van der Waals surface area contributed by atoms with Gasteiger partial charge in [-0.25, -0.2) is 15.0 Å². The molecule has 0 amide bonds. The summed E-state index contributed by atoms with van der Waals surface area (Å²) in [5, 5.41) is 7.61. The van der Waals surface area contributed by atoms with Crippen molar-refractivity contribution in [1.82, 2.24) is 23.8 Å². The molecule has 0 radical (unpaired) electrons. The molecule has 1 aliphatic rings. The number of fused-ring (bicyclic) bond motifs is 8. The van der Waals surface area contributed by atoms with Gasteiger partial charge in [-0.3, -0.25) is 0 Å². The van der Waals surface area contributed by atoms with Crippen LogP contribution in [0.25, 0.3) is 99.6 Å². The van der Waals surface area contributed by atoms with Crippen molar-refractivity contribution < 1.29 is 0 Å². The molecule has 0 aliphatic heterocycles. The highest BCUT2D eigenvalue weighted by Crippen LogP contribution is 2.51. The van der Waals surface area contributed by atoms with Gasteiger partial charge >= 0.3 is 0 Å². The van der Waals surface area contributed by atoms with E-state index in [1.54, 1.807) is 0 Å². The fourth-order valence-corrected chi connectivity index (χ4v) is 9.29. The Hall–Kier alpha value is -6.85. The highest BCUT2D eigenvalue weighted by Gasteiger charge is 2.36. The van der Waals surface area contributed by atoms with E-state index in [-0.39, 0.29) is 5.41 Å². The second kappa shape index (κ2) is 10.1. The third-order valence-corrected chi connectivity index (χ3v) is 11.7. The van der Waals surface area contributed by atoms with Gasteiger partial charge in [-0.1, -0.05) is 141 Å². The molecule has 11 aromatic rings. The second-order valence-corrected chi connectivity index (χ2v) is 14.8. The molecule has 7 aromatic carbocycles. The van der Waals surface area contributed by atoms with E-state index in [2.05, 4.69) is 138 Å². The molecule has 53 heavy (non-hydrogen) atoms. The molecule has 248 valence electrons. The fraction of sp³-hybridized carbons (Fsp3) is 0.0625. The monoisotopic (exact) mass is 677 g/mol. The molecule has 0 atom stereocenters. The Morgan fingerprint density at radius 2 is 0.906 bits per heavy atom. The maximum atomic E-state index is 5.12. The van der Waals surface area contributed by atoms with Crippen LogP contribution in [0.5, 0.6) is 0 Å². The van der Waals surface area contributed by atoms with Gasteiger partial charge in [-0.15, -0.1) is 0 Å². The quantitative estimate of drug-likeness (QED) is 0.187. The third-order valence-electron chi connectivity index (χ3n) is 11.7. The molecule has 5 heteroatoms. The van der Waals surface area contributed by atoms with Crippen molar-refractivity contribution in [3.63, 3.8) is 0 Å². The third kappa shape index (κ3) is 3.73. The van der Waals surface area contributed by atoms with Crippen molar-refractivity contribution in [3.8, 4) is 34.2 Å².